The zero-order valence-corrected chi connectivity index (χ0v) is 20.1. The highest BCUT2D eigenvalue weighted by molar-refractivity contribution is 9.10. The molecule has 31 heavy (non-hydrogen) atoms. The molecule has 2 atom stereocenters. The topological polar surface area (TPSA) is 47.9 Å². The first kappa shape index (κ1) is 22.3. The molecule has 1 fully saturated rings. The lowest BCUT2D eigenvalue weighted by Crippen LogP contribution is -2.47. The summed E-state index contributed by atoms with van der Waals surface area (Å²) in [5, 5.41) is 9.38. The van der Waals surface area contributed by atoms with E-state index in [1.54, 1.807) is 0 Å². The molecule has 4 rings (SSSR count). The van der Waals surface area contributed by atoms with Crippen LogP contribution >= 0.6 is 27.5 Å². The lowest BCUT2D eigenvalue weighted by molar-refractivity contribution is -0.119. The third-order valence-corrected chi connectivity index (χ3v) is 6.89. The second kappa shape index (κ2) is 10.2. The second-order valence-corrected chi connectivity index (χ2v) is 9.58. The van der Waals surface area contributed by atoms with Gasteiger partial charge in [-0.2, -0.15) is 5.10 Å². The van der Waals surface area contributed by atoms with Crippen LogP contribution in [0.3, 0.4) is 0 Å². The molecule has 2 aliphatic rings. The van der Waals surface area contributed by atoms with Crippen LogP contribution in [0.1, 0.15) is 50.6 Å². The molecule has 2 aromatic rings. The van der Waals surface area contributed by atoms with Gasteiger partial charge in [0.15, 0.2) is 0 Å². The Kier molecular flexibility index (Phi) is 7.31. The van der Waals surface area contributed by atoms with E-state index in [2.05, 4.69) is 45.4 Å². The molecule has 0 saturated carbocycles. The Morgan fingerprint density at radius 2 is 1.68 bits per heavy atom. The van der Waals surface area contributed by atoms with Crippen LogP contribution in [0.15, 0.2) is 58.1 Å². The number of hydrazine groups is 1. The highest BCUT2D eigenvalue weighted by Gasteiger charge is 2.40. The zero-order chi connectivity index (χ0) is 21.8. The SMILES string of the molecule is C[C@H]1C(C(=O)NN2CCCCCCC2)=NN(c2ccccc2Cl)[C@H]1c1ccc(Br)cc1. The molecular formula is C24H28BrClN4O. The fourth-order valence-electron chi connectivity index (χ4n) is 4.37. The minimum absolute atomic E-state index is 0.0906. The van der Waals surface area contributed by atoms with Gasteiger partial charge in [-0.1, -0.05) is 78.0 Å². The first-order valence-electron chi connectivity index (χ1n) is 11.0. The molecule has 5 nitrogen and oxygen atoms in total. The van der Waals surface area contributed by atoms with Gasteiger partial charge in [-0.15, -0.1) is 0 Å². The summed E-state index contributed by atoms with van der Waals surface area (Å²) in [6, 6.07) is 15.7. The van der Waals surface area contributed by atoms with E-state index in [4.69, 9.17) is 16.7 Å². The molecule has 0 spiro atoms. The fourth-order valence-corrected chi connectivity index (χ4v) is 4.86. The Hall–Kier alpha value is -1.89. The van der Waals surface area contributed by atoms with Crippen molar-refractivity contribution in [2.24, 2.45) is 11.0 Å². The maximum absolute atomic E-state index is 13.3. The monoisotopic (exact) mass is 502 g/mol. The number of hydrogen-bond acceptors (Lipinski definition) is 4. The highest BCUT2D eigenvalue weighted by Crippen LogP contribution is 2.41. The number of hydrogen-bond donors (Lipinski definition) is 1. The lowest BCUT2D eigenvalue weighted by Gasteiger charge is -2.28. The van der Waals surface area contributed by atoms with Crippen LogP contribution in [0, 0.1) is 5.92 Å². The van der Waals surface area contributed by atoms with E-state index in [1.165, 1.54) is 19.3 Å². The maximum atomic E-state index is 13.3. The highest BCUT2D eigenvalue weighted by atomic mass is 79.9. The number of rotatable bonds is 4. The van der Waals surface area contributed by atoms with Crippen molar-refractivity contribution in [3.63, 3.8) is 0 Å². The van der Waals surface area contributed by atoms with Crippen molar-refractivity contribution in [1.29, 1.82) is 0 Å². The number of benzene rings is 2. The molecule has 164 valence electrons. The van der Waals surface area contributed by atoms with Crippen LogP contribution in [-0.2, 0) is 4.79 Å². The quantitative estimate of drug-likeness (QED) is 0.560. The molecule has 1 N–H and O–H groups in total. The number of nitrogens with one attached hydrogen (secondary N) is 1. The minimum Gasteiger partial charge on any atom is -0.284 e. The third-order valence-electron chi connectivity index (χ3n) is 6.04. The summed E-state index contributed by atoms with van der Waals surface area (Å²) in [4.78, 5) is 13.3. The van der Waals surface area contributed by atoms with Gasteiger partial charge in [-0.25, -0.2) is 5.01 Å². The van der Waals surface area contributed by atoms with Gasteiger partial charge in [0, 0.05) is 23.5 Å². The Bertz CT molecular complexity index is 941. The van der Waals surface area contributed by atoms with Crippen LogP contribution < -0.4 is 10.4 Å². The molecule has 0 radical (unpaired) electrons. The van der Waals surface area contributed by atoms with E-state index in [-0.39, 0.29) is 17.9 Å². The van der Waals surface area contributed by atoms with E-state index in [0.29, 0.717) is 10.7 Å². The number of hydrazone groups is 1. The van der Waals surface area contributed by atoms with Crippen LogP contribution in [0.4, 0.5) is 5.69 Å². The average Bonchev–Trinajstić information content (AvgIpc) is 3.08. The van der Waals surface area contributed by atoms with Crippen molar-refractivity contribution in [1.82, 2.24) is 10.4 Å². The predicted molar refractivity (Wildman–Crippen MR) is 130 cm³/mol. The molecule has 7 heteroatoms. The molecule has 0 unspecified atom stereocenters. The first-order valence-corrected chi connectivity index (χ1v) is 12.2. The van der Waals surface area contributed by atoms with Crippen LogP contribution in [0.25, 0.3) is 0 Å². The summed E-state index contributed by atoms with van der Waals surface area (Å²) in [5.41, 5.74) is 5.55. The van der Waals surface area contributed by atoms with E-state index < -0.39 is 0 Å². The van der Waals surface area contributed by atoms with Crippen molar-refractivity contribution >= 4 is 44.8 Å². The Morgan fingerprint density at radius 3 is 2.35 bits per heavy atom. The van der Waals surface area contributed by atoms with Gasteiger partial charge < -0.3 is 0 Å². The largest absolute Gasteiger partial charge is 0.284 e. The van der Waals surface area contributed by atoms with E-state index >= 15 is 0 Å². The number of para-hydroxylation sites is 1. The van der Waals surface area contributed by atoms with Crippen molar-refractivity contribution in [3.05, 3.63) is 63.6 Å². The number of anilines is 1. The number of carbonyl (C=O) groups is 1. The minimum atomic E-state index is -0.121. The molecule has 2 aliphatic heterocycles. The predicted octanol–water partition coefficient (Wildman–Crippen LogP) is 5.95. The van der Waals surface area contributed by atoms with Crippen molar-refractivity contribution < 1.29 is 4.79 Å². The van der Waals surface area contributed by atoms with Crippen LogP contribution in [-0.4, -0.2) is 29.7 Å². The third kappa shape index (κ3) is 5.13. The molecule has 0 aliphatic carbocycles. The number of amides is 1. The van der Waals surface area contributed by atoms with Gasteiger partial charge in [-0.05, 0) is 42.7 Å². The number of nitrogens with zero attached hydrogens (tertiary/aromatic N) is 3. The summed E-state index contributed by atoms with van der Waals surface area (Å²) < 4.78 is 1.02. The van der Waals surface area contributed by atoms with Gasteiger partial charge in [0.1, 0.15) is 5.71 Å². The van der Waals surface area contributed by atoms with Crippen LogP contribution in [0.2, 0.25) is 5.02 Å². The maximum Gasteiger partial charge on any atom is 0.282 e. The van der Waals surface area contributed by atoms with Crippen molar-refractivity contribution in [2.45, 2.75) is 45.1 Å². The molecule has 0 aromatic heterocycles. The first-order chi connectivity index (χ1) is 15.0. The average molecular weight is 504 g/mol. The summed E-state index contributed by atoms with van der Waals surface area (Å²) in [6.07, 6.45) is 5.93. The summed E-state index contributed by atoms with van der Waals surface area (Å²) >= 11 is 10.0. The smallest absolute Gasteiger partial charge is 0.282 e. The molecule has 1 amide bonds. The summed E-state index contributed by atoms with van der Waals surface area (Å²) in [5.74, 6) is -0.211. The molecule has 2 heterocycles. The van der Waals surface area contributed by atoms with E-state index in [0.717, 1.165) is 41.7 Å². The van der Waals surface area contributed by atoms with E-state index in [9.17, 15) is 4.79 Å². The molecular weight excluding hydrogens is 476 g/mol. The van der Waals surface area contributed by atoms with Gasteiger partial charge in [0.25, 0.3) is 5.91 Å². The standard InChI is InChI=1S/C24H28BrClN4O/c1-17-22(24(31)28-29-15-7-3-2-4-8-16-29)27-30(21-10-6-5-9-20(21)26)23(17)18-11-13-19(25)14-12-18/h5-6,9-14,17,23H,2-4,7-8,15-16H2,1H3,(H,28,31)/t17-,23+/m0/s1. The fraction of sp³-hybridized carbons (Fsp3) is 0.417. The zero-order valence-electron chi connectivity index (χ0n) is 17.7. The normalized spacial score (nSPS) is 22.5. The molecule has 2 aromatic carbocycles. The molecule has 0 bridgehead atoms. The Morgan fingerprint density at radius 1 is 1.03 bits per heavy atom. The van der Waals surface area contributed by atoms with Gasteiger partial charge >= 0.3 is 0 Å². The van der Waals surface area contributed by atoms with Gasteiger partial charge in [-0.3, -0.25) is 15.2 Å². The summed E-state index contributed by atoms with van der Waals surface area (Å²) in [6.45, 7) is 3.84. The van der Waals surface area contributed by atoms with Crippen molar-refractivity contribution in [3.8, 4) is 0 Å². The van der Waals surface area contributed by atoms with Crippen LogP contribution in [0.5, 0.6) is 0 Å². The van der Waals surface area contributed by atoms with Crippen molar-refractivity contribution in [2.75, 3.05) is 18.1 Å². The lowest BCUT2D eigenvalue weighted by atomic mass is 9.91. The second-order valence-electron chi connectivity index (χ2n) is 8.26. The van der Waals surface area contributed by atoms with E-state index in [1.807, 2.05) is 41.4 Å². The summed E-state index contributed by atoms with van der Waals surface area (Å²) in [7, 11) is 0. The van der Waals surface area contributed by atoms with Gasteiger partial charge in [0.05, 0.1) is 16.8 Å². The van der Waals surface area contributed by atoms with Gasteiger partial charge in [0.2, 0.25) is 0 Å². The molecule has 1 saturated heterocycles. The number of carbonyl (C=O) groups excluding carboxylic acids is 1. The number of halogens is 2. The Labute approximate surface area is 197 Å². The Balaban J connectivity index is 1.62.